The third-order valence-electron chi connectivity index (χ3n) is 6.14. The third-order valence-corrected chi connectivity index (χ3v) is 7.02. The molecule has 0 saturated carbocycles. The van der Waals surface area contributed by atoms with Crippen LogP contribution in [0.3, 0.4) is 0 Å². The van der Waals surface area contributed by atoms with Gasteiger partial charge in [0.15, 0.2) is 16.4 Å². The molecule has 0 amide bonds. The van der Waals surface area contributed by atoms with Gasteiger partial charge in [0.2, 0.25) is 5.89 Å². The fourth-order valence-corrected chi connectivity index (χ4v) is 5.32. The molecule has 0 N–H and O–H groups in total. The van der Waals surface area contributed by atoms with Crippen LogP contribution in [0.5, 0.6) is 0 Å². The van der Waals surface area contributed by atoms with Gasteiger partial charge >= 0.3 is 0 Å². The number of allylic oxidation sites excluding steroid dienone is 1. The summed E-state index contributed by atoms with van der Waals surface area (Å²) in [5.41, 5.74) is 2.28. The van der Waals surface area contributed by atoms with E-state index in [1.807, 2.05) is 66.7 Å². The molecular weight excluding hydrogens is 444 g/mol. The Bertz CT molecular complexity index is 1770. The van der Waals surface area contributed by atoms with E-state index in [9.17, 15) is 9.59 Å². The number of thiazole rings is 1. The van der Waals surface area contributed by atoms with Crippen LogP contribution in [0.15, 0.2) is 88.9 Å². The number of fused-ring (bicyclic) bond motifs is 4. The van der Waals surface area contributed by atoms with Crippen molar-refractivity contribution in [3.63, 3.8) is 0 Å². The Morgan fingerprint density at radius 2 is 1.35 bits per heavy atom. The van der Waals surface area contributed by atoms with Crippen LogP contribution in [0.1, 0.15) is 25.7 Å². The molecule has 34 heavy (non-hydrogen) atoms. The summed E-state index contributed by atoms with van der Waals surface area (Å²) < 4.78 is 5.96. The minimum atomic E-state index is -0.276. The summed E-state index contributed by atoms with van der Waals surface area (Å²) in [6.45, 7) is 0. The fraction of sp³-hybridized carbons (Fsp3) is 0. The number of hydrogen-bond donors (Lipinski definition) is 0. The molecule has 1 aliphatic rings. The first-order valence-electron chi connectivity index (χ1n) is 10.7. The zero-order valence-corrected chi connectivity index (χ0v) is 18.4. The zero-order valence-electron chi connectivity index (χ0n) is 17.6. The van der Waals surface area contributed by atoms with Crippen molar-refractivity contribution in [2.45, 2.75) is 0 Å². The Morgan fingerprint density at radius 3 is 2.06 bits per heavy atom. The minimum Gasteiger partial charge on any atom is -0.417 e. The van der Waals surface area contributed by atoms with Gasteiger partial charge in [0.1, 0.15) is 5.01 Å². The Kier molecular flexibility index (Phi) is 3.95. The van der Waals surface area contributed by atoms with Crippen LogP contribution in [-0.2, 0) is 0 Å². The molecule has 6 heteroatoms. The van der Waals surface area contributed by atoms with Crippen molar-refractivity contribution in [3.8, 4) is 11.5 Å². The topological polar surface area (TPSA) is 73.1 Å². The molecule has 0 unspecified atom stereocenters. The smallest absolute Gasteiger partial charge is 0.259 e. The molecular formula is C28H14N2O3S. The number of rotatable bonds is 2. The highest BCUT2D eigenvalue weighted by molar-refractivity contribution is 7.18. The molecule has 160 valence electrons. The molecule has 4 aromatic carbocycles. The highest BCUT2D eigenvalue weighted by Crippen LogP contribution is 2.35. The van der Waals surface area contributed by atoms with Crippen LogP contribution in [0.25, 0.3) is 49.6 Å². The van der Waals surface area contributed by atoms with Crippen molar-refractivity contribution in [1.29, 1.82) is 0 Å². The van der Waals surface area contributed by atoms with Crippen LogP contribution in [0.4, 0.5) is 0 Å². The maximum Gasteiger partial charge on any atom is 0.259 e. The minimum absolute atomic E-state index is 0.121. The molecule has 0 fully saturated rings. The van der Waals surface area contributed by atoms with E-state index < -0.39 is 0 Å². The standard InChI is InChI=1S/C28H14N2O3S/c31-24-20-12-16-7-1-2-8-17(16)13-21(20)25(32)22(24)14-23-29-27-28(34-23)30-26(33-27)19-11-5-9-15-6-3-4-10-18(15)19/h1-14H. The van der Waals surface area contributed by atoms with Crippen LogP contribution in [0.2, 0.25) is 0 Å². The van der Waals surface area contributed by atoms with E-state index >= 15 is 0 Å². The van der Waals surface area contributed by atoms with Crippen LogP contribution in [-0.4, -0.2) is 21.5 Å². The summed E-state index contributed by atoms with van der Waals surface area (Å²) in [7, 11) is 0. The SMILES string of the molecule is O=C1C(=Cc2nc3oc(-c4cccc5ccccc45)nc3s2)C(=O)c2cc3ccccc3cc21. The van der Waals surface area contributed by atoms with Gasteiger partial charge in [-0.2, -0.15) is 9.97 Å². The molecule has 0 radical (unpaired) electrons. The average Bonchev–Trinajstić information content (AvgIpc) is 3.50. The third kappa shape index (κ3) is 2.79. The lowest BCUT2D eigenvalue weighted by Crippen LogP contribution is -2.00. The van der Waals surface area contributed by atoms with E-state index in [1.54, 1.807) is 18.2 Å². The number of oxazole rings is 1. The van der Waals surface area contributed by atoms with Gasteiger partial charge in [0.25, 0.3) is 5.71 Å². The summed E-state index contributed by atoms with van der Waals surface area (Å²) in [5, 5.41) is 4.53. The average molecular weight is 458 g/mol. The Morgan fingerprint density at radius 1 is 0.706 bits per heavy atom. The molecule has 0 atom stereocenters. The Balaban J connectivity index is 1.28. The van der Waals surface area contributed by atoms with E-state index in [0.29, 0.717) is 32.6 Å². The number of carbonyl (C=O) groups excluding carboxylic acids is 2. The van der Waals surface area contributed by atoms with Crippen molar-refractivity contribution in [2.24, 2.45) is 0 Å². The van der Waals surface area contributed by atoms with Crippen molar-refractivity contribution >= 4 is 61.1 Å². The molecule has 0 spiro atoms. The number of Topliss-reactive ketones (excluding diaryl/α,β-unsaturated/α-hetero) is 2. The van der Waals surface area contributed by atoms with E-state index in [1.165, 1.54) is 11.3 Å². The summed E-state index contributed by atoms with van der Waals surface area (Å²) in [4.78, 5) is 35.8. The lowest BCUT2D eigenvalue weighted by molar-refractivity contribution is 0.0990. The molecule has 0 bridgehead atoms. The van der Waals surface area contributed by atoms with Gasteiger partial charge in [-0.05, 0) is 45.8 Å². The van der Waals surface area contributed by atoms with Crippen LogP contribution >= 0.6 is 11.3 Å². The highest BCUT2D eigenvalue weighted by Gasteiger charge is 2.33. The van der Waals surface area contributed by atoms with Crippen LogP contribution < -0.4 is 0 Å². The summed E-state index contributed by atoms with van der Waals surface area (Å²) in [6.07, 6.45) is 1.55. The second-order valence-corrected chi connectivity index (χ2v) is 9.18. The molecule has 2 heterocycles. The number of aromatic nitrogens is 2. The summed E-state index contributed by atoms with van der Waals surface area (Å²) in [6, 6.07) is 25.3. The first-order chi connectivity index (χ1) is 16.7. The lowest BCUT2D eigenvalue weighted by Gasteiger charge is -2.01. The van der Waals surface area contributed by atoms with Crippen molar-refractivity contribution < 1.29 is 14.0 Å². The normalized spacial score (nSPS) is 13.4. The molecule has 5 nitrogen and oxygen atoms in total. The van der Waals surface area contributed by atoms with E-state index in [2.05, 4.69) is 9.97 Å². The first kappa shape index (κ1) is 19.1. The molecule has 2 aromatic heterocycles. The maximum atomic E-state index is 13.0. The molecule has 0 aliphatic heterocycles. The van der Waals surface area contributed by atoms with Crippen molar-refractivity contribution in [1.82, 2.24) is 9.97 Å². The second-order valence-electron chi connectivity index (χ2n) is 8.17. The Labute approximate surface area is 197 Å². The van der Waals surface area contributed by atoms with Gasteiger partial charge in [-0.3, -0.25) is 9.59 Å². The predicted molar refractivity (Wildman–Crippen MR) is 133 cm³/mol. The summed E-state index contributed by atoms with van der Waals surface area (Å²) in [5.74, 6) is -0.0548. The number of carbonyl (C=O) groups is 2. The molecule has 6 aromatic rings. The maximum absolute atomic E-state index is 13.0. The summed E-state index contributed by atoms with van der Waals surface area (Å²) >= 11 is 1.29. The number of hydrogen-bond acceptors (Lipinski definition) is 6. The Hall–Kier alpha value is -4.42. The van der Waals surface area contributed by atoms with E-state index in [-0.39, 0.29) is 17.1 Å². The van der Waals surface area contributed by atoms with Gasteiger partial charge in [0.05, 0.1) is 5.57 Å². The molecule has 7 rings (SSSR count). The molecule has 0 saturated heterocycles. The van der Waals surface area contributed by atoms with Crippen molar-refractivity contribution in [3.05, 3.63) is 101 Å². The van der Waals surface area contributed by atoms with Gasteiger partial charge in [0, 0.05) is 16.7 Å². The second kappa shape index (κ2) is 7.04. The number of nitrogens with zero attached hydrogens (tertiary/aromatic N) is 2. The number of ketones is 2. The van der Waals surface area contributed by atoms with Crippen LogP contribution in [0, 0.1) is 0 Å². The quantitative estimate of drug-likeness (QED) is 0.213. The zero-order chi connectivity index (χ0) is 22.8. The highest BCUT2D eigenvalue weighted by atomic mass is 32.1. The largest absolute Gasteiger partial charge is 0.417 e. The predicted octanol–water partition coefficient (Wildman–Crippen LogP) is 6.72. The van der Waals surface area contributed by atoms with Gasteiger partial charge in [-0.15, -0.1) is 0 Å². The van der Waals surface area contributed by atoms with E-state index in [0.717, 1.165) is 27.1 Å². The monoisotopic (exact) mass is 458 g/mol. The number of benzene rings is 4. The van der Waals surface area contributed by atoms with E-state index in [4.69, 9.17) is 4.42 Å². The van der Waals surface area contributed by atoms with Crippen molar-refractivity contribution in [2.75, 3.05) is 0 Å². The lowest BCUT2D eigenvalue weighted by atomic mass is 10.0. The van der Waals surface area contributed by atoms with Gasteiger partial charge < -0.3 is 4.42 Å². The van der Waals surface area contributed by atoms with Gasteiger partial charge in [-0.25, -0.2) is 0 Å². The fourth-order valence-electron chi connectivity index (χ4n) is 4.51. The first-order valence-corrected chi connectivity index (χ1v) is 11.6. The molecule has 1 aliphatic carbocycles. The van der Waals surface area contributed by atoms with Gasteiger partial charge in [-0.1, -0.05) is 72.0 Å².